The Morgan fingerprint density at radius 1 is 1.19 bits per heavy atom. The van der Waals surface area contributed by atoms with Crippen LogP contribution < -0.4 is 25.8 Å². The van der Waals surface area contributed by atoms with E-state index in [9.17, 15) is 4.79 Å². The highest BCUT2D eigenvalue weighted by Crippen LogP contribution is 2.34. The summed E-state index contributed by atoms with van der Waals surface area (Å²) in [6.45, 7) is 1.74. The number of fused-ring (bicyclic) bond motifs is 2. The molecule has 140 valence electrons. The summed E-state index contributed by atoms with van der Waals surface area (Å²) in [5.41, 5.74) is 8.68. The maximum Gasteiger partial charge on any atom is 0.232 e. The second kappa shape index (κ2) is 7.57. The third-order valence-electron chi connectivity index (χ3n) is 4.63. The quantitative estimate of drug-likeness (QED) is 0.571. The van der Waals surface area contributed by atoms with Gasteiger partial charge in [-0.3, -0.25) is 9.79 Å². The highest BCUT2D eigenvalue weighted by Gasteiger charge is 2.29. The fourth-order valence-electron chi connectivity index (χ4n) is 3.30. The molecule has 2 aromatic carbocycles. The molecule has 2 aromatic rings. The Morgan fingerprint density at radius 3 is 2.89 bits per heavy atom. The number of para-hydroxylation sites is 1. The summed E-state index contributed by atoms with van der Waals surface area (Å²) in [6, 6.07) is 13.3. The number of ether oxygens (including phenoxy) is 2. The Kier molecular flexibility index (Phi) is 4.82. The molecule has 0 bridgehead atoms. The maximum absolute atomic E-state index is 12.1. The smallest absolute Gasteiger partial charge is 0.232 e. The van der Waals surface area contributed by atoms with Crippen molar-refractivity contribution in [3.8, 4) is 11.5 Å². The van der Waals surface area contributed by atoms with Gasteiger partial charge in [0.15, 0.2) is 17.5 Å². The number of aliphatic imine (C=N–C) groups is 1. The Bertz CT molecular complexity index is 881. The third kappa shape index (κ3) is 3.81. The molecule has 1 atom stereocenters. The van der Waals surface area contributed by atoms with Gasteiger partial charge in [0.2, 0.25) is 5.91 Å². The molecule has 2 heterocycles. The average molecular weight is 366 g/mol. The van der Waals surface area contributed by atoms with Crippen LogP contribution in [0.4, 0.5) is 11.4 Å². The number of hydrogen-bond donors (Lipinski definition) is 3. The van der Waals surface area contributed by atoms with Crippen LogP contribution in [0.25, 0.3) is 0 Å². The van der Waals surface area contributed by atoms with E-state index in [-0.39, 0.29) is 11.8 Å². The van der Waals surface area contributed by atoms with E-state index >= 15 is 0 Å². The predicted octanol–water partition coefficient (Wildman–Crippen LogP) is 2.70. The van der Waals surface area contributed by atoms with Crippen molar-refractivity contribution in [1.82, 2.24) is 0 Å². The van der Waals surface area contributed by atoms with Crippen LogP contribution >= 0.6 is 0 Å². The largest absolute Gasteiger partial charge is 0.490 e. The molecule has 0 aliphatic carbocycles. The number of benzene rings is 2. The van der Waals surface area contributed by atoms with E-state index in [2.05, 4.69) is 15.6 Å². The van der Waals surface area contributed by atoms with E-state index in [1.165, 1.54) is 0 Å². The van der Waals surface area contributed by atoms with Crippen LogP contribution in [-0.2, 0) is 4.79 Å². The number of hydrogen-bond acceptors (Lipinski definition) is 4. The number of carbonyl (C=O) groups excluding carboxylic acids is 1. The summed E-state index contributed by atoms with van der Waals surface area (Å²) in [6.07, 6.45) is 1.46. The van der Waals surface area contributed by atoms with Crippen LogP contribution in [0, 0.1) is 0 Å². The third-order valence-corrected chi connectivity index (χ3v) is 4.63. The minimum Gasteiger partial charge on any atom is -0.490 e. The van der Waals surface area contributed by atoms with Crippen molar-refractivity contribution in [2.75, 3.05) is 30.4 Å². The molecule has 0 saturated heterocycles. The average Bonchev–Trinajstić information content (AvgIpc) is 2.83. The van der Waals surface area contributed by atoms with Crippen molar-refractivity contribution in [2.24, 2.45) is 10.7 Å². The second-order valence-corrected chi connectivity index (χ2v) is 6.52. The molecule has 0 radical (unpaired) electrons. The van der Waals surface area contributed by atoms with Gasteiger partial charge in [-0.2, -0.15) is 0 Å². The summed E-state index contributed by atoms with van der Waals surface area (Å²) < 4.78 is 11.3. The maximum atomic E-state index is 12.1. The standard InChI is InChI=1S/C20H22N4O3/c21-20(23-13-6-7-17-18(12-13)27-11-3-10-26-17)22-9-8-15-14-4-1-2-5-16(14)24-19(15)25/h1-2,4-7,12,15H,3,8-11H2,(H,24,25)(H3,21,22,23). The number of nitrogens with one attached hydrogen (secondary N) is 2. The number of nitrogens with two attached hydrogens (primary N) is 1. The number of amides is 1. The summed E-state index contributed by atoms with van der Waals surface area (Å²) in [7, 11) is 0. The van der Waals surface area contributed by atoms with Gasteiger partial charge in [0.1, 0.15) is 0 Å². The van der Waals surface area contributed by atoms with Crippen molar-refractivity contribution < 1.29 is 14.3 Å². The second-order valence-electron chi connectivity index (χ2n) is 6.52. The van der Waals surface area contributed by atoms with Crippen molar-refractivity contribution in [3.63, 3.8) is 0 Å². The highest BCUT2D eigenvalue weighted by atomic mass is 16.5. The van der Waals surface area contributed by atoms with Gasteiger partial charge < -0.3 is 25.8 Å². The molecule has 0 fully saturated rings. The molecule has 27 heavy (non-hydrogen) atoms. The number of rotatable bonds is 4. The lowest BCUT2D eigenvalue weighted by molar-refractivity contribution is -0.117. The molecule has 1 unspecified atom stereocenters. The van der Waals surface area contributed by atoms with Crippen LogP contribution in [-0.4, -0.2) is 31.6 Å². The molecular formula is C20H22N4O3. The zero-order valence-corrected chi connectivity index (χ0v) is 14.9. The van der Waals surface area contributed by atoms with E-state index in [0.717, 1.165) is 29.1 Å². The first-order chi connectivity index (χ1) is 13.2. The molecule has 4 rings (SSSR count). The minimum atomic E-state index is -0.184. The van der Waals surface area contributed by atoms with E-state index in [1.807, 2.05) is 42.5 Å². The molecule has 2 aliphatic rings. The normalized spacial score (nSPS) is 18.4. The van der Waals surface area contributed by atoms with Gasteiger partial charge in [-0.05, 0) is 30.2 Å². The first-order valence-corrected chi connectivity index (χ1v) is 9.07. The van der Waals surface area contributed by atoms with Gasteiger partial charge in [0.05, 0.1) is 19.1 Å². The van der Waals surface area contributed by atoms with Crippen molar-refractivity contribution >= 4 is 23.2 Å². The van der Waals surface area contributed by atoms with Gasteiger partial charge >= 0.3 is 0 Å². The fraction of sp³-hybridized carbons (Fsp3) is 0.300. The molecule has 1 amide bonds. The Balaban J connectivity index is 1.36. The first kappa shape index (κ1) is 17.2. The number of guanidine groups is 1. The molecule has 0 spiro atoms. The lowest BCUT2D eigenvalue weighted by Crippen LogP contribution is -2.23. The van der Waals surface area contributed by atoms with E-state index in [0.29, 0.717) is 37.9 Å². The van der Waals surface area contributed by atoms with E-state index in [4.69, 9.17) is 15.2 Å². The summed E-state index contributed by atoms with van der Waals surface area (Å²) in [4.78, 5) is 16.5. The van der Waals surface area contributed by atoms with Gasteiger partial charge in [-0.1, -0.05) is 18.2 Å². The molecule has 0 aromatic heterocycles. The number of carbonyl (C=O) groups is 1. The van der Waals surface area contributed by atoms with Crippen molar-refractivity contribution in [3.05, 3.63) is 48.0 Å². The zero-order chi connectivity index (χ0) is 18.6. The first-order valence-electron chi connectivity index (χ1n) is 9.07. The zero-order valence-electron chi connectivity index (χ0n) is 14.9. The van der Waals surface area contributed by atoms with Crippen molar-refractivity contribution in [1.29, 1.82) is 0 Å². The van der Waals surface area contributed by atoms with Crippen LogP contribution in [0.5, 0.6) is 11.5 Å². The number of anilines is 2. The van der Waals surface area contributed by atoms with E-state index < -0.39 is 0 Å². The Morgan fingerprint density at radius 2 is 2.00 bits per heavy atom. The summed E-state index contributed by atoms with van der Waals surface area (Å²) in [5.74, 6) is 1.57. The molecule has 7 nitrogen and oxygen atoms in total. The summed E-state index contributed by atoms with van der Waals surface area (Å²) >= 11 is 0. The van der Waals surface area contributed by atoms with Gasteiger partial charge in [-0.25, -0.2) is 0 Å². The molecular weight excluding hydrogens is 344 g/mol. The number of nitrogens with zero attached hydrogens (tertiary/aromatic N) is 1. The minimum absolute atomic E-state index is 0.0147. The van der Waals surface area contributed by atoms with Gasteiger partial charge in [-0.15, -0.1) is 0 Å². The predicted molar refractivity (Wildman–Crippen MR) is 105 cm³/mol. The topological polar surface area (TPSA) is 98.0 Å². The van der Waals surface area contributed by atoms with E-state index in [1.54, 1.807) is 0 Å². The van der Waals surface area contributed by atoms with Gasteiger partial charge in [0, 0.05) is 30.4 Å². The van der Waals surface area contributed by atoms with Crippen LogP contribution in [0.15, 0.2) is 47.5 Å². The van der Waals surface area contributed by atoms with Crippen LogP contribution in [0.1, 0.15) is 24.3 Å². The fourth-order valence-corrected chi connectivity index (χ4v) is 3.30. The molecule has 7 heteroatoms. The highest BCUT2D eigenvalue weighted by molar-refractivity contribution is 6.02. The Labute approximate surface area is 157 Å². The Hall–Kier alpha value is -3.22. The van der Waals surface area contributed by atoms with Crippen molar-refractivity contribution in [2.45, 2.75) is 18.8 Å². The lowest BCUT2D eigenvalue weighted by atomic mass is 9.97. The lowest BCUT2D eigenvalue weighted by Gasteiger charge is -2.11. The monoisotopic (exact) mass is 366 g/mol. The summed E-state index contributed by atoms with van der Waals surface area (Å²) in [5, 5.41) is 5.96. The van der Waals surface area contributed by atoms with Crippen LogP contribution in [0.2, 0.25) is 0 Å². The molecule has 0 saturated carbocycles. The molecule has 4 N–H and O–H groups in total. The SMILES string of the molecule is NC(=NCCC1C(=O)Nc2ccccc21)Nc1ccc2c(c1)OCCCO2. The van der Waals surface area contributed by atoms with Crippen LogP contribution in [0.3, 0.4) is 0 Å². The molecule has 2 aliphatic heterocycles. The van der Waals surface area contributed by atoms with Gasteiger partial charge in [0.25, 0.3) is 0 Å².